The Hall–Kier alpha value is -1.59. The summed E-state index contributed by atoms with van der Waals surface area (Å²) in [7, 11) is 1.63. The molecule has 0 aromatic heterocycles. The first-order valence-electron chi connectivity index (χ1n) is 7.78. The van der Waals surface area contributed by atoms with Crippen molar-refractivity contribution < 1.29 is 9.53 Å². The molecular weight excluding hydrogens is 338 g/mol. The van der Waals surface area contributed by atoms with Gasteiger partial charge in [-0.15, -0.1) is 0 Å². The lowest BCUT2D eigenvalue weighted by atomic mass is 10.1. The van der Waals surface area contributed by atoms with Gasteiger partial charge < -0.3 is 10.1 Å². The number of carbonyl (C=O) groups excluding carboxylic acids is 1. The third-order valence-electron chi connectivity index (χ3n) is 3.97. The number of nitrogens with one attached hydrogen (secondary N) is 1. The molecule has 0 heterocycles. The SMILES string of the molecule is CNC(=O)Sc1cccc(CS)c1COc1cc(C)c(C)cc1C. The van der Waals surface area contributed by atoms with Gasteiger partial charge in [0.05, 0.1) is 0 Å². The number of benzene rings is 2. The third kappa shape index (κ3) is 4.48. The maximum absolute atomic E-state index is 11.7. The summed E-state index contributed by atoms with van der Waals surface area (Å²) in [5.41, 5.74) is 5.67. The van der Waals surface area contributed by atoms with Crippen molar-refractivity contribution in [1.82, 2.24) is 5.32 Å². The van der Waals surface area contributed by atoms with E-state index in [9.17, 15) is 4.79 Å². The van der Waals surface area contributed by atoms with Gasteiger partial charge in [-0.3, -0.25) is 4.79 Å². The van der Waals surface area contributed by atoms with E-state index in [0.717, 1.165) is 27.3 Å². The number of thioether (sulfide) groups is 1. The van der Waals surface area contributed by atoms with Crippen molar-refractivity contribution in [2.24, 2.45) is 0 Å². The molecule has 0 bridgehead atoms. The van der Waals surface area contributed by atoms with E-state index >= 15 is 0 Å². The number of amides is 1. The van der Waals surface area contributed by atoms with Gasteiger partial charge in [0.15, 0.2) is 0 Å². The zero-order valence-corrected chi connectivity index (χ0v) is 16.2. The summed E-state index contributed by atoms with van der Waals surface area (Å²) in [6.07, 6.45) is 0. The second-order valence-corrected chi connectivity index (χ2v) is 7.01. The van der Waals surface area contributed by atoms with Crippen LogP contribution in [0.1, 0.15) is 27.8 Å². The summed E-state index contributed by atoms with van der Waals surface area (Å²) in [5.74, 6) is 1.48. The summed E-state index contributed by atoms with van der Waals surface area (Å²) in [4.78, 5) is 12.6. The van der Waals surface area contributed by atoms with Gasteiger partial charge in [0.2, 0.25) is 0 Å². The van der Waals surface area contributed by atoms with Crippen LogP contribution in [0.5, 0.6) is 5.75 Å². The van der Waals surface area contributed by atoms with Crippen molar-refractivity contribution >= 4 is 29.6 Å². The number of thiol groups is 1. The molecule has 0 spiro atoms. The van der Waals surface area contributed by atoms with Crippen LogP contribution < -0.4 is 10.1 Å². The molecule has 0 saturated carbocycles. The molecule has 2 aromatic rings. The Balaban J connectivity index is 2.28. The highest BCUT2D eigenvalue weighted by Crippen LogP contribution is 2.29. The van der Waals surface area contributed by atoms with Crippen molar-refractivity contribution in [3.63, 3.8) is 0 Å². The van der Waals surface area contributed by atoms with Crippen molar-refractivity contribution in [3.05, 3.63) is 58.1 Å². The lowest BCUT2D eigenvalue weighted by molar-refractivity contribution is 0.262. The monoisotopic (exact) mass is 361 g/mol. The fourth-order valence-electron chi connectivity index (χ4n) is 2.41. The van der Waals surface area contributed by atoms with Gasteiger partial charge in [0.1, 0.15) is 12.4 Å². The molecule has 2 aromatic carbocycles. The molecular formula is C19H23NO2S2. The maximum Gasteiger partial charge on any atom is 0.283 e. The second-order valence-electron chi connectivity index (χ2n) is 5.68. The molecule has 2 rings (SSSR count). The zero-order valence-electron chi connectivity index (χ0n) is 14.5. The highest BCUT2D eigenvalue weighted by molar-refractivity contribution is 8.13. The Morgan fingerprint density at radius 2 is 1.88 bits per heavy atom. The molecule has 0 aliphatic carbocycles. The smallest absolute Gasteiger partial charge is 0.283 e. The van der Waals surface area contributed by atoms with Crippen LogP contribution in [0.3, 0.4) is 0 Å². The first-order valence-corrected chi connectivity index (χ1v) is 9.23. The van der Waals surface area contributed by atoms with E-state index < -0.39 is 0 Å². The third-order valence-corrected chi connectivity index (χ3v) is 5.30. The lowest BCUT2D eigenvalue weighted by Crippen LogP contribution is -2.12. The molecule has 24 heavy (non-hydrogen) atoms. The number of hydrogen-bond acceptors (Lipinski definition) is 4. The minimum absolute atomic E-state index is 0.0880. The predicted octanol–water partition coefficient (Wildman–Crippen LogP) is 5.05. The van der Waals surface area contributed by atoms with Crippen molar-refractivity contribution in [2.45, 2.75) is 38.0 Å². The fourth-order valence-corrected chi connectivity index (χ4v) is 3.47. The molecule has 5 heteroatoms. The average Bonchev–Trinajstić information content (AvgIpc) is 2.57. The van der Waals surface area contributed by atoms with Gasteiger partial charge in [0.25, 0.3) is 5.24 Å². The van der Waals surface area contributed by atoms with E-state index in [1.165, 1.54) is 22.9 Å². The largest absolute Gasteiger partial charge is 0.489 e. The normalized spacial score (nSPS) is 10.5. The van der Waals surface area contributed by atoms with E-state index in [2.05, 4.69) is 43.9 Å². The number of carbonyl (C=O) groups is 1. The molecule has 0 atom stereocenters. The molecule has 0 aliphatic heterocycles. The fraction of sp³-hybridized carbons (Fsp3) is 0.316. The highest BCUT2D eigenvalue weighted by atomic mass is 32.2. The summed E-state index contributed by atoms with van der Waals surface area (Å²) >= 11 is 5.59. The Bertz CT molecular complexity index is 744. The molecule has 0 radical (unpaired) electrons. The van der Waals surface area contributed by atoms with E-state index in [1.807, 2.05) is 25.1 Å². The van der Waals surface area contributed by atoms with Crippen molar-refractivity contribution in [2.75, 3.05) is 7.05 Å². The summed E-state index contributed by atoms with van der Waals surface area (Å²) in [6, 6.07) is 10.1. The zero-order chi connectivity index (χ0) is 17.7. The lowest BCUT2D eigenvalue weighted by Gasteiger charge is -2.16. The van der Waals surface area contributed by atoms with E-state index in [1.54, 1.807) is 7.05 Å². The van der Waals surface area contributed by atoms with Crippen molar-refractivity contribution in [1.29, 1.82) is 0 Å². The Morgan fingerprint density at radius 3 is 2.54 bits per heavy atom. The van der Waals surface area contributed by atoms with E-state index in [0.29, 0.717) is 12.4 Å². The molecule has 0 unspecified atom stereocenters. The minimum Gasteiger partial charge on any atom is -0.489 e. The molecule has 1 amide bonds. The Morgan fingerprint density at radius 1 is 1.17 bits per heavy atom. The van der Waals surface area contributed by atoms with Crippen LogP contribution in [0.4, 0.5) is 4.79 Å². The maximum atomic E-state index is 11.7. The second kappa shape index (κ2) is 8.49. The predicted molar refractivity (Wildman–Crippen MR) is 104 cm³/mol. The Labute approximate surface area is 153 Å². The topological polar surface area (TPSA) is 38.3 Å². The molecule has 3 nitrogen and oxygen atoms in total. The Kier molecular flexibility index (Phi) is 6.63. The van der Waals surface area contributed by atoms with Crippen LogP contribution in [-0.2, 0) is 12.4 Å². The number of aryl methyl sites for hydroxylation is 3. The molecule has 0 fully saturated rings. The van der Waals surface area contributed by atoms with Gasteiger partial charge in [-0.05, 0) is 66.9 Å². The van der Waals surface area contributed by atoms with E-state index in [4.69, 9.17) is 4.74 Å². The quantitative estimate of drug-likeness (QED) is 0.578. The van der Waals surface area contributed by atoms with Crippen LogP contribution in [0.25, 0.3) is 0 Å². The molecule has 0 aliphatic rings. The average molecular weight is 362 g/mol. The van der Waals surface area contributed by atoms with Gasteiger partial charge >= 0.3 is 0 Å². The van der Waals surface area contributed by atoms with Crippen LogP contribution in [-0.4, -0.2) is 12.3 Å². The summed E-state index contributed by atoms with van der Waals surface area (Å²) < 4.78 is 6.08. The van der Waals surface area contributed by atoms with Crippen molar-refractivity contribution in [3.8, 4) is 5.75 Å². The summed E-state index contributed by atoms with van der Waals surface area (Å²) in [5, 5.41) is 2.55. The molecule has 0 saturated heterocycles. The van der Waals surface area contributed by atoms with Gasteiger partial charge in [-0.1, -0.05) is 18.2 Å². The minimum atomic E-state index is -0.0880. The molecule has 1 N–H and O–H groups in total. The highest BCUT2D eigenvalue weighted by Gasteiger charge is 2.13. The molecule has 128 valence electrons. The van der Waals surface area contributed by atoms with Gasteiger partial charge in [-0.25, -0.2) is 0 Å². The van der Waals surface area contributed by atoms with Crippen LogP contribution in [0, 0.1) is 20.8 Å². The van der Waals surface area contributed by atoms with Gasteiger partial charge in [0, 0.05) is 23.3 Å². The first-order chi connectivity index (χ1) is 11.5. The van der Waals surface area contributed by atoms with Gasteiger partial charge in [-0.2, -0.15) is 12.6 Å². The van der Waals surface area contributed by atoms with Crippen LogP contribution in [0.2, 0.25) is 0 Å². The first kappa shape index (κ1) is 18.7. The summed E-state index contributed by atoms with van der Waals surface area (Å²) in [6.45, 7) is 6.64. The number of ether oxygens (including phenoxy) is 1. The van der Waals surface area contributed by atoms with E-state index in [-0.39, 0.29) is 5.24 Å². The number of rotatable bonds is 5. The standard InChI is InChI=1S/C19H23NO2S2/c1-12-8-14(3)17(9-13(12)2)22-10-16-15(11-23)6-5-7-18(16)24-19(21)20-4/h5-9,23H,10-11H2,1-4H3,(H,20,21). The van der Waals surface area contributed by atoms with Crippen LogP contribution >= 0.6 is 24.4 Å². The number of hydrogen-bond donors (Lipinski definition) is 2. The van der Waals surface area contributed by atoms with Crippen LogP contribution in [0.15, 0.2) is 35.2 Å².